The number of aromatic amines is 1. The second-order valence-electron chi connectivity index (χ2n) is 3.12. The molecule has 14 heavy (non-hydrogen) atoms. The fourth-order valence-corrected chi connectivity index (χ4v) is 1.27. The molecule has 72 valence electrons. The Morgan fingerprint density at radius 3 is 2.43 bits per heavy atom. The number of rotatable bonds is 1. The third-order valence-electron chi connectivity index (χ3n) is 2.11. The zero-order valence-corrected chi connectivity index (χ0v) is 7.71. The fourth-order valence-electron chi connectivity index (χ4n) is 1.27. The Hall–Kier alpha value is -1.84. The summed E-state index contributed by atoms with van der Waals surface area (Å²) in [5.74, 6) is -0.264. The highest BCUT2D eigenvalue weighted by Gasteiger charge is 2.08. The molecular formula is C10H10FN3. The maximum Gasteiger partial charge on any atom is 0.123 e. The summed E-state index contributed by atoms with van der Waals surface area (Å²) in [5, 5.41) is 6.82. The Morgan fingerprint density at radius 2 is 1.93 bits per heavy atom. The van der Waals surface area contributed by atoms with Crippen molar-refractivity contribution in [1.82, 2.24) is 10.2 Å². The number of aryl methyl sites for hydroxylation is 1. The second-order valence-corrected chi connectivity index (χ2v) is 3.12. The predicted molar refractivity (Wildman–Crippen MR) is 53.1 cm³/mol. The van der Waals surface area contributed by atoms with Crippen LogP contribution in [0.2, 0.25) is 0 Å². The van der Waals surface area contributed by atoms with Gasteiger partial charge in [0.05, 0.1) is 11.4 Å². The Morgan fingerprint density at radius 1 is 1.29 bits per heavy atom. The molecule has 0 amide bonds. The van der Waals surface area contributed by atoms with Crippen molar-refractivity contribution in [3.8, 4) is 11.3 Å². The third kappa shape index (κ3) is 1.35. The number of halogens is 1. The van der Waals surface area contributed by atoms with E-state index in [1.165, 1.54) is 12.1 Å². The number of nitrogen functional groups attached to an aromatic ring is 1. The van der Waals surface area contributed by atoms with Gasteiger partial charge in [-0.05, 0) is 31.2 Å². The normalized spacial score (nSPS) is 10.4. The highest BCUT2D eigenvalue weighted by Crippen LogP contribution is 2.25. The van der Waals surface area contributed by atoms with Gasteiger partial charge >= 0.3 is 0 Å². The van der Waals surface area contributed by atoms with Gasteiger partial charge in [-0.15, -0.1) is 0 Å². The Bertz CT molecular complexity index is 445. The number of nitrogens with two attached hydrogens (primary N) is 1. The van der Waals surface area contributed by atoms with Crippen LogP contribution in [0.15, 0.2) is 24.3 Å². The van der Waals surface area contributed by atoms with E-state index in [-0.39, 0.29) is 5.82 Å². The molecule has 0 aliphatic heterocycles. The molecule has 1 aromatic carbocycles. The van der Waals surface area contributed by atoms with Crippen LogP contribution in [0.3, 0.4) is 0 Å². The lowest BCUT2D eigenvalue weighted by atomic mass is 10.1. The summed E-state index contributed by atoms with van der Waals surface area (Å²) in [4.78, 5) is 0. The number of aromatic nitrogens is 2. The van der Waals surface area contributed by atoms with Gasteiger partial charge in [-0.3, -0.25) is 5.10 Å². The molecule has 3 N–H and O–H groups in total. The third-order valence-corrected chi connectivity index (χ3v) is 2.11. The van der Waals surface area contributed by atoms with Gasteiger partial charge in [0, 0.05) is 5.56 Å². The molecule has 1 heterocycles. The van der Waals surface area contributed by atoms with E-state index in [1.807, 2.05) is 6.92 Å². The summed E-state index contributed by atoms with van der Waals surface area (Å²) in [7, 11) is 0. The summed E-state index contributed by atoms with van der Waals surface area (Å²) >= 11 is 0. The molecule has 0 saturated carbocycles. The van der Waals surface area contributed by atoms with Crippen LogP contribution in [0.25, 0.3) is 11.3 Å². The molecule has 0 unspecified atom stereocenters. The first-order valence-electron chi connectivity index (χ1n) is 4.25. The number of nitrogens with one attached hydrogen (secondary N) is 1. The lowest BCUT2D eigenvalue weighted by molar-refractivity contribution is 0.628. The summed E-state index contributed by atoms with van der Waals surface area (Å²) in [6.45, 7) is 1.84. The highest BCUT2D eigenvalue weighted by molar-refractivity contribution is 5.73. The lowest BCUT2D eigenvalue weighted by Gasteiger charge is -1.97. The molecule has 3 nitrogen and oxygen atoms in total. The molecule has 2 rings (SSSR count). The second kappa shape index (κ2) is 3.14. The minimum absolute atomic E-state index is 0.264. The van der Waals surface area contributed by atoms with Crippen LogP contribution < -0.4 is 5.73 Å². The van der Waals surface area contributed by atoms with E-state index < -0.39 is 0 Å². The van der Waals surface area contributed by atoms with Crippen molar-refractivity contribution in [1.29, 1.82) is 0 Å². The molecule has 0 fully saturated rings. The van der Waals surface area contributed by atoms with Crippen molar-refractivity contribution in [3.63, 3.8) is 0 Å². The maximum atomic E-state index is 12.6. The van der Waals surface area contributed by atoms with Gasteiger partial charge in [0.1, 0.15) is 11.5 Å². The first-order valence-corrected chi connectivity index (χ1v) is 4.25. The monoisotopic (exact) mass is 191 g/mol. The van der Waals surface area contributed by atoms with Gasteiger partial charge in [-0.2, -0.15) is 5.10 Å². The van der Waals surface area contributed by atoms with Crippen molar-refractivity contribution in [3.05, 3.63) is 35.8 Å². The molecule has 0 saturated heterocycles. The van der Waals surface area contributed by atoms with E-state index >= 15 is 0 Å². The topological polar surface area (TPSA) is 54.7 Å². The van der Waals surface area contributed by atoms with E-state index in [2.05, 4.69) is 10.2 Å². The average Bonchev–Trinajstić information content (AvgIpc) is 2.50. The van der Waals surface area contributed by atoms with Crippen LogP contribution in [0.4, 0.5) is 10.1 Å². The first-order chi connectivity index (χ1) is 6.68. The standard InChI is InChI=1S/C10H10FN3/c1-6-9(12)10(14-13-6)7-2-4-8(11)5-3-7/h2-5H,12H2,1H3,(H,13,14). The molecule has 0 aliphatic rings. The number of benzene rings is 1. The highest BCUT2D eigenvalue weighted by atomic mass is 19.1. The summed E-state index contributed by atoms with van der Waals surface area (Å²) in [6, 6.07) is 6.08. The van der Waals surface area contributed by atoms with Crippen molar-refractivity contribution < 1.29 is 4.39 Å². The predicted octanol–water partition coefficient (Wildman–Crippen LogP) is 2.11. The zero-order chi connectivity index (χ0) is 10.1. The Labute approximate surface area is 80.8 Å². The van der Waals surface area contributed by atoms with Gasteiger partial charge in [-0.25, -0.2) is 4.39 Å². The van der Waals surface area contributed by atoms with Crippen molar-refractivity contribution in [2.75, 3.05) is 5.73 Å². The molecule has 1 aromatic heterocycles. The van der Waals surface area contributed by atoms with Crippen LogP contribution in [-0.2, 0) is 0 Å². The van der Waals surface area contributed by atoms with Crippen molar-refractivity contribution in [2.24, 2.45) is 0 Å². The van der Waals surface area contributed by atoms with Crippen LogP contribution in [0.1, 0.15) is 5.69 Å². The van der Waals surface area contributed by atoms with Crippen molar-refractivity contribution >= 4 is 5.69 Å². The summed E-state index contributed by atoms with van der Waals surface area (Å²) in [6.07, 6.45) is 0. The smallest absolute Gasteiger partial charge is 0.123 e. The Balaban J connectivity index is 2.49. The number of nitrogens with zero attached hydrogens (tertiary/aromatic N) is 1. The molecule has 0 aliphatic carbocycles. The average molecular weight is 191 g/mol. The first kappa shape index (κ1) is 8.74. The fraction of sp³-hybridized carbons (Fsp3) is 0.100. The van der Waals surface area contributed by atoms with E-state index in [4.69, 9.17) is 5.73 Å². The van der Waals surface area contributed by atoms with Gasteiger partial charge in [0.2, 0.25) is 0 Å². The van der Waals surface area contributed by atoms with Crippen LogP contribution in [0, 0.1) is 12.7 Å². The van der Waals surface area contributed by atoms with Gasteiger partial charge < -0.3 is 5.73 Å². The zero-order valence-electron chi connectivity index (χ0n) is 7.71. The van der Waals surface area contributed by atoms with E-state index in [9.17, 15) is 4.39 Å². The maximum absolute atomic E-state index is 12.6. The number of H-pyrrole nitrogens is 1. The van der Waals surface area contributed by atoms with Crippen LogP contribution in [0.5, 0.6) is 0 Å². The Kier molecular flexibility index (Phi) is 1.96. The van der Waals surface area contributed by atoms with E-state index in [0.29, 0.717) is 11.4 Å². The minimum Gasteiger partial charge on any atom is -0.395 e. The van der Waals surface area contributed by atoms with E-state index in [1.54, 1.807) is 12.1 Å². The van der Waals surface area contributed by atoms with Crippen molar-refractivity contribution in [2.45, 2.75) is 6.92 Å². The number of hydrogen-bond acceptors (Lipinski definition) is 2. The number of anilines is 1. The molecule has 0 radical (unpaired) electrons. The largest absolute Gasteiger partial charge is 0.395 e. The van der Waals surface area contributed by atoms with Gasteiger partial charge in [0.15, 0.2) is 0 Å². The minimum atomic E-state index is -0.264. The van der Waals surface area contributed by atoms with Gasteiger partial charge in [0.25, 0.3) is 0 Å². The summed E-state index contributed by atoms with van der Waals surface area (Å²) in [5.41, 5.74) is 8.70. The lowest BCUT2D eigenvalue weighted by Crippen LogP contribution is -1.88. The molecule has 2 aromatic rings. The van der Waals surface area contributed by atoms with E-state index in [0.717, 1.165) is 11.3 Å². The molecule has 0 spiro atoms. The van der Waals surface area contributed by atoms with Gasteiger partial charge in [-0.1, -0.05) is 0 Å². The molecule has 0 atom stereocenters. The molecule has 0 bridgehead atoms. The summed E-state index contributed by atoms with van der Waals surface area (Å²) < 4.78 is 12.6. The molecular weight excluding hydrogens is 181 g/mol. The van der Waals surface area contributed by atoms with Crippen LogP contribution >= 0.6 is 0 Å². The SMILES string of the molecule is Cc1[nH]nc(-c2ccc(F)cc2)c1N. The number of hydrogen-bond donors (Lipinski definition) is 2. The van der Waals surface area contributed by atoms with Crippen LogP contribution in [-0.4, -0.2) is 10.2 Å². The quantitative estimate of drug-likeness (QED) is 0.725. The molecule has 4 heteroatoms.